The Morgan fingerprint density at radius 3 is 2.74 bits per heavy atom. The lowest BCUT2D eigenvalue weighted by Gasteiger charge is -2.09. The lowest BCUT2D eigenvalue weighted by Crippen LogP contribution is -2.01. The summed E-state index contributed by atoms with van der Waals surface area (Å²) in [5.74, 6) is -0.382. The number of carboxylic acids is 1. The van der Waals surface area contributed by atoms with Crippen LogP contribution in [0.3, 0.4) is 0 Å². The Hall–Kier alpha value is -1.72. The maximum atomic E-state index is 11.2. The Labute approximate surface area is 119 Å². The molecule has 0 atom stereocenters. The summed E-state index contributed by atoms with van der Waals surface area (Å²) in [6.07, 6.45) is 0. The van der Waals surface area contributed by atoms with Crippen LogP contribution >= 0.6 is 23.4 Å². The van der Waals surface area contributed by atoms with Crippen LogP contribution in [0.25, 0.3) is 0 Å². The van der Waals surface area contributed by atoms with Gasteiger partial charge in [-0.05, 0) is 24.3 Å². The van der Waals surface area contributed by atoms with E-state index in [1.54, 1.807) is 13.2 Å². The summed E-state index contributed by atoms with van der Waals surface area (Å²) in [6, 6.07) is 10.2. The van der Waals surface area contributed by atoms with E-state index >= 15 is 0 Å². The first-order valence-electron chi connectivity index (χ1n) is 5.32. The van der Waals surface area contributed by atoms with Gasteiger partial charge in [-0.1, -0.05) is 35.5 Å². The summed E-state index contributed by atoms with van der Waals surface area (Å²) in [6.45, 7) is 0. The smallest absolute Gasteiger partial charge is 0.338 e. The molecule has 0 saturated heterocycles. The zero-order valence-corrected chi connectivity index (χ0v) is 11.5. The number of hydrogen-bond donors (Lipinski definition) is 1. The molecule has 2 rings (SSSR count). The largest absolute Gasteiger partial charge is 0.496 e. The van der Waals surface area contributed by atoms with Crippen molar-refractivity contribution >= 4 is 29.3 Å². The van der Waals surface area contributed by atoms with Crippen molar-refractivity contribution in [1.29, 1.82) is 0 Å². The molecule has 0 bridgehead atoms. The number of aromatic carboxylic acids is 1. The molecule has 0 radical (unpaired) electrons. The van der Waals surface area contributed by atoms with Gasteiger partial charge in [0.1, 0.15) is 15.9 Å². The van der Waals surface area contributed by atoms with Crippen LogP contribution in [0.2, 0.25) is 5.15 Å². The highest BCUT2D eigenvalue weighted by Gasteiger charge is 2.15. The van der Waals surface area contributed by atoms with E-state index in [1.807, 2.05) is 18.2 Å². The number of methoxy groups -OCH3 is 1. The van der Waals surface area contributed by atoms with E-state index in [0.717, 1.165) is 4.90 Å². The van der Waals surface area contributed by atoms with Crippen LogP contribution in [0.4, 0.5) is 0 Å². The first kappa shape index (κ1) is 13.7. The van der Waals surface area contributed by atoms with Gasteiger partial charge in [-0.25, -0.2) is 9.78 Å². The van der Waals surface area contributed by atoms with Crippen LogP contribution in [-0.4, -0.2) is 23.2 Å². The van der Waals surface area contributed by atoms with Crippen LogP contribution in [0.5, 0.6) is 5.75 Å². The van der Waals surface area contributed by atoms with Crippen molar-refractivity contribution in [1.82, 2.24) is 4.98 Å². The van der Waals surface area contributed by atoms with Crippen LogP contribution in [0.1, 0.15) is 10.4 Å². The third-order valence-corrected chi connectivity index (χ3v) is 3.60. The SMILES string of the molecule is COc1ccccc1Sc1nc(Cl)ccc1C(=O)O. The number of nitrogens with zero attached hydrogens (tertiary/aromatic N) is 1. The minimum atomic E-state index is -1.04. The molecular weight excluding hydrogens is 286 g/mol. The number of carbonyl (C=O) groups is 1. The summed E-state index contributed by atoms with van der Waals surface area (Å²) in [4.78, 5) is 16.0. The summed E-state index contributed by atoms with van der Waals surface area (Å²) >= 11 is 7.02. The molecule has 1 aromatic carbocycles. The number of carboxylic acid groups (broad SMARTS) is 1. The third-order valence-electron chi connectivity index (χ3n) is 2.33. The van der Waals surface area contributed by atoms with Gasteiger partial charge in [0.25, 0.3) is 0 Å². The molecule has 98 valence electrons. The molecule has 4 nitrogen and oxygen atoms in total. The van der Waals surface area contributed by atoms with E-state index in [9.17, 15) is 4.79 Å². The second-order valence-electron chi connectivity index (χ2n) is 3.54. The molecule has 0 unspecified atom stereocenters. The molecule has 0 aliphatic carbocycles. The number of benzene rings is 1. The Morgan fingerprint density at radius 1 is 1.32 bits per heavy atom. The van der Waals surface area contributed by atoms with Crippen molar-refractivity contribution in [2.75, 3.05) is 7.11 Å². The Kier molecular flexibility index (Phi) is 4.29. The van der Waals surface area contributed by atoms with Crippen molar-refractivity contribution in [3.63, 3.8) is 0 Å². The fourth-order valence-electron chi connectivity index (χ4n) is 1.47. The second-order valence-corrected chi connectivity index (χ2v) is 4.96. The molecular formula is C13H10ClNO3S. The number of hydrogen-bond acceptors (Lipinski definition) is 4. The molecule has 1 N–H and O–H groups in total. The highest BCUT2D eigenvalue weighted by Crippen LogP contribution is 2.35. The fraction of sp³-hybridized carbons (Fsp3) is 0.0769. The Bertz CT molecular complexity index is 619. The van der Waals surface area contributed by atoms with Gasteiger partial charge in [-0.3, -0.25) is 0 Å². The van der Waals surface area contributed by atoms with E-state index in [-0.39, 0.29) is 10.7 Å². The minimum absolute atomic E-state index is 0.111. The van der Waals surface area contributed by atoms with Gasteiger partial charge < -0.3 is 9.84 Å². The molecule has 6 heteroatoms. The van der Waals surface area contributed by atoms with Gasteiger partial charge in [0.15, 0.2) is 0 Å². The van der Waals surface area contributed by atoms with Crippen LogP contribution in [-0.2, 0) is 0 Å². The van der Waals surface area contributed by atoms with E-state index in [0.29, 0.717) is 10.8 Å². The van der Waals surface area contributed by atoms with Crippen LogP contribution in [0, 0.1) is 0 Å². The molecule has 2 aromatic rings. The van der Waals surface area contributed by atoms with Gasteiger partial charge in [0.2, 0.25) is 0 Å². The zero-order valence-electron chi connectivity index (χ0n) is 9.96. The monoisotopic (exact) mass is 295 g/mol. The molecule has 0 spiro atoms. The molecule has 1 heterocycles. The van der Waals surface area contributed by atoms with Crippen LogP contribution < -0.4 is 4.74 Å². The third kappa shape index (κ3) is 3.19. The summed E-state index contributed by atoms with van der Waals surface area (Å²) in [5.41, 5.74) is 0.111. The number of pyridine rings is 1. The quantitative estimate of drug-likeness (QED) is 0.873. The van der Waals surface area contributed by atoms with E-state index < -0.39 is 5.97 Å². The first-order chi connectivity index (χ1) is 9.11. The first-order valence-corrected chi connectivity index (χ1v) is 6.52. The van der Waals surface area contributed by atoms with Crippen molar-refractivity contribution in [2.45, 2.75) is 9.92 Å². The highest BCUT2D eigenvalue weighted by atomic mass is 35.5. The van der Waals surface area contributed by atoms with Gasteiger partial charge >= 0.3 is 5.97 Å². The lowest BCUT2D eigenvalue weighted by atomic mass is 10.3. The molecule has 19 heavy (non-hydrogen) atoms. The van der Waals surface area contributed by atoms with Crippen LogP contribution in [0.15, 0.2) is 46.3 Å². The van der Waals surface area contributed by atoms with Gasteiger partial charge in [0, 0.05) is 0 Å². The normalized spacial score (nSPS) is 10.2. The number of para-hydroxylation sites is 1. The topological polar surface area (TPSA) is 59.4 Å². The highest BCUT2D eigenvalue weighted by molar-refractivity contribution is 7.99. The molecule has 1 aromatic heterocycles. The Morgan fingerprint density at radius 2 is 2.05 bits per heavy atom. The Balaban J connectivity index is 2.42. The predicted octanol–water partition coefficient (Wildman–Crippen LogP) is 3.59. The molecule has 0 aliphatic rings. The van der Waals surface area contributed by atoms with Gasteiger partial charge in [-0.2, -0.15) is 0 Å². The zero-order chi connectivity index (χ0) is 13.8. The van der Waals surface area contributed by atoms with Crippen molar-refractivity contribution in [3.8, 4) is 5.75 Å². The number of halogens is 1. The predicted molar refractivity (Wildman–Crippen MR) is 73.3 cm³/mol. The summed E-state index contributed by atoms with van der Waals surface area (Å²) in [7, 11) is 1.56. The molecule has 0 aliphatic heterocycles. The standard InChI is InChI=1S/C13H10ClNO3S/c1-18-9-4-2-3-5-10(9)19-12-8(13(16)17)6-7-11(14)15-12/h2-7H,1H3,(H,16,17). The maximum Gasteiger partial charge on any atom is 0.338 e. The van der Waals surface area contributed by atoms with Crippen molar-refractivity contribution < 1.29 is 14.6 Å². The number of ether oxygens (including phenoxy) is 1. The molecule has 0 saturated carbocycles. The maximum absolute atomic E-state index is 11.2. The number of rotatable bonds is 4. The minimum Gasteiger partial charge on any atom is -0.496 e. The van der Waals surface area contributed by atoms with E-state index in [2.05, 4.69) is 4.98 Å². The summed E-state index contributed by atoms with van der Waals surface area (Å²) in [5, 5.41) is 9.72. The lowest BCUT2D eigenvalue weighted by molar-refractivity contribution is 0.0692. The van der Waals surface area contributed by atoms with Crippen molar-refractivity contribution in [3.05, 3.63) is 47.1 Å². The average molecular weight is 296 g/mol. The molecule has 0 amide bonds. The van der Waals surface area contributed by atoms with E-state index in [4.69, 9.17) is 21.4 Å². The summed E-state index contributed by atoms with van der Waals surface area (Å²) < 4.78 is 5.22. The average Bonchev–Trinajstić information content (AvgIpc) is 2.39. The number of aromatic nitrogens is 1. The fourth-order valence-corrected chi connectivity index (χ4v) is 2.68. The van der Waals surface area contributed by atoms with Gasteiger partial charge in [0.05, 0.1) is 17.6 Å². The van der Waals surface area contributed by atoms with E-state index in [1.165, 1.54) is 23.9 Å². The second kappa shape index (κ2) is 5.95. The van der Waals surface area contributed by atoms with Crippen molar-refractivity contribution in [2.24, 2.45) is 0 Å². The molecule has 0 fully saturated rings. The van der Waals surface area contributed by atoms with Gasteiger partial charge in [-0.15, -0.1) is 0 Å².